The van der Waals surface area contributed by atoms with Crippen LogP contribution in [0, 0.1) is 6.92 Å². The maximum absolute atomic E-state index is 10.1. The lowest BCUT2D eigenvalue weighted by Gasteiger charge is -2.20. The molecule has 152 valence electrons. The molecule has 0 fully saturated rings. The van der Waals surface area contributed by atoms with Crippen LogP contribution < -0.4 is 23.9 Å². The number of aromatic nitrogens is 1. The molecule has 3 aromatic rings. The first kappa shape index (κ1) is 20.3. The molecular weight excluding hydrogens is 374 g/mol. The van der Waals surface area contributed by atoms with Crippen LogP contribution in [0.5, 0.6) is 23.0 Å². The molecule has 0 radical (unpaired) electrons. The van der Waals surface area contributed by atoms with Gasteiger partial charge >= 0.3 is 0 Å². The highest BCUT2D eigenvalue weighted by Gasteiger charge is 2.29. The molecule has 1 aliphatic rings. The number of methoxy groups -OCH3 is 3. The molecule has 7 nitrogen and oxygen atoms in total. The number of pyridine rings is 1. The van der Waals surface area contributed by atoms with E-state index in [1.165, 1.54) is 0 Å². The van der Waals surface area contributed by atoms with Crippen molar-refractivity contribution in [2.45, 2.75) is 19.9 Å². The average molecular weight is 397 g/mol. The van der Waals surface area contributed by atoms with E-state index < -0.39 is 6.47 Å². The molecule has 7 heteroatoms. The molecule has 0 saturated carbocycles. The van der Waals surface area contributed by atoms with E-state index in [0.29, 0.717) is 5.75 Å². The van der Waals surface area contributed by atoms with Gasteiger partial charge in [-0.1, -0.05) is 0 Å². The lowest BCUT2D eigenvalue weighted by Crippen LogP contribution is -2.40. The molecule has 2 heterocycles. The first-order valence-corrected chi connectivity index (χ1v) is 9.04. The van der Waals surface area contributed by atoms with Crippen LogP contribution in [0.2, 0.25) is 0 Å². The van der Waals surface area contributed by atoms with E-state index in [0.717, 1.165) is 57.6 Å². The number of benzene rings is 2. The highest BCUT2D eigenvalue weighted by Crippen LogP contribution is 2.41. The minimum Gasteiger partial charge on any atom is -0.554 e. The molecule has 2 aromatic carbocycles. The number of fused-ring (bicyclic) bond motifs is 4. The summed E-state index contributed by atoms with van der Waals surface area (Å²) in [5, 5.41) is 20.5. The van der Waals surface area contributed by atoms with Gasteiger partial charge in [-0.05, 0) is 36.8 Å². The number of phenolic OH excluding ortho intramolecular Hbond substituents is 1. The Balaban J connectivity index is 0.000000755. The molecule has 1 N–H and O–H groups in total. The van der Waals surface area contributed by atoms with E-state index in [-0.39, 0.29) is 5.75 Å². The van der Waals surface area contributed by atoms with E-state index in [9.17, 15) is 5.11 Å². The topological polar surface area (TPSA) is 91.9 Å². The number of carbonyl (C=O) groups excluding carboxylic acids is 1. The maximum atomic E-state index is 10.1. The van der Waals surface area contributed by atoms with Crippen molar-refractivity contribution in [2.75, 3.05) is 21.3 Å². The standard InChI is InChI=1S/C21H21NO4.CH2O2/c1-12-14-5-6-18(24-2)21(26-4)16(14)11-22-8-7-13-9-17(23)19(25-3)10-15(13)20(12)22;2-1-3/h5-6,9-11H,7-8H2,1-4H3;1H,(H,2,3). The van der Waals surface area contributed by atoms with Gasteiger partial charge in [-0.2, -0.15) is 4.57 Å². The van der Waals surface area contributed by atoms with Crippen molar-refractivity contribution in [2.24, 2.45) is 0 Å². The van der Waals surface area contributed by atoms with Gasteiger partial charge in [0.25, 0.3) is 0 Å². The van der Waals surface area contributed by atoms with Gasteiger partial charge in [-0.25, -0.2) is 0 Å². The summed E-state index contributed by atoms with van der Waals surface area (Å²) < 4.78 is 18.6. The predicted molar refractivity (Wildman–Crippen MR) is 105 cm³/mol. The van der Waals surface area contributed by atoms with E-state index in [1.807, 2.05) is 18.2 Å². The van der Waals surface area contributed by atoms with Crippen molar-refractivity contribution < 1.29 is 33.8 Å². The SMILES string of the molecule is COc1cc2c(cc1O)CC[n+]1cc3c(OC)c(OC)ccc3c(C)c1-2.O=C[O-]. The highest BCUT2D eigenvalue weighted by atomic mass is 16.5. The first-order chi connectivity index (χ1) is 14.0. The Labute approximate surface area is 168 Å². The van der Waals surface area contributed by atoms with Gasteiger partial charge in [-0.15, -0.1) is 0 Å². The number of rotatable bonds is 3. The van der Waals surface area contributed by atoms with Crippen LogP contribution in [0.15, 0.2) is 30.5 Å². The lowest BCUT2D eigenvalue weighted by molar-refractivity contribution is -0.686. The zero-order valence-electron chi connectivity index (χ0n) is 16.8. The molecule has 0 unspecified atom stereocenters. The molecule has 0 atom stereocenters. The molecule has 0 aliphatic carbocycles. The Morgan fingerprint density at radius 3 is 2.38 bits per heavy atom. The Bertz CT molecular complexity index is 1080. The van der Waals surface area contributed by atoms with Gasteiger partial charge in [0.1, 0.15) is 0 Å². The summed E-state index contributed by atoms with van der Waals surface area (Å²) in [4.78, 5) is 8.25. The maximum Gasteiger partial charge on any atom is 0.216 e. The second-order valence-electron chi connectivity index (χ2n) is 6.59. The summed E-state index contributed by atoms with van der Waals surface area (Å²) >= 11 is 0. The number of carboxylic acid groups (broad SMARTS) is 1. The number of phenols is 1. The van der Waals surface area contributed by atoms with Gasteiger partial charge < -0.3 is 29.2 Å². The molecule has 4 rings (SSSR count). The van der Waals surface area contributed by atoms with Crippen molar-refractivity contribution >= 4 is 17.2 Å². The summed E-state index contributed by atoms with van der Waals surface area (Å²) in [6.07, 6.45) is 2.98. The number of ether oxygens (including phenoxy) is 3. The average Bonchev–Trinajstić information content (AvgIpc) is 2.72. The monoisotopic (exact) mass is 397 g/mol. The number of nitrogens with zero attached hydrogens (tertiary/aromatic N) is 1. The van der Waals surface area contributed by atoms with Crippen LogP contribution in [0.1, 0.15) is 11.1 Å². The summed E-state index contributed by atoms with van der Waals surface area (Å²) in [6, 6.07) is 7.75. The largest absolute Gasteiger partial charge is 0.554 e. The van der Waals surface area contributed by atoms with Crippen molar-refractivity contribution in [3.63, 3.8) is 0 Å². The minimum atomic E-state index is -0.500. The van der Waals surface area contributed by atoms with Crippen LogP contribution in [0.3, 0.4) is 0 Å². The van der Waals surface area contributed by atoms with E-state index in [4.69, 9.17) is 24.1 Å². The normalized spacial score (nSPS) is 11.6. The first-order valence-electron chi connectivity index (χ1n) is 9.04. The zero-order chi connectivity index (χ0) is 21.1. The Morgan fingerprint density at radius 2 is 1.76 bits per heavy atom. The molecule has 0 spiro atoms. The smallest absolute Gasteiger partial charge is 0.216 e. The van der Waals surface area contributed by atoms with E-state index in [2.05, 4.69) is 23.8 Å². The number of carbonyl (C=O) groups is 1. The Kier molecular flexibility index (Phi) is 5.77. The number of hydrogen-bond acceptors (Lipinski definition) is 6. The number of aryl methyl sites for hydroxylation is 3. The van der Waals surface area contributed by atoms with Crippen LogP contribution in [-0.4, -0.2) is 32.9 Å². The summed E-state index contributed by atoms with van der Waals surface area (Å²) in [6.45, 7) is 2.46. The van der Waals surface area contributed by atoms with Crippen LogP contribution >= 0.6 is 0 Å². The molecule has 1 aliphatic heterocycles. The number of hydrogen-bond donors (Lipinski definition) is 1. The molecule has 0 amide bonds. The third-order valence-corrected chi connectivity index (χ3v) is 5.20. The lowest BCUT2D eigenvalue weighted by atomic mass is 9.91. The third-order valence-electron chi connectivity index (χ3n) is 5.20. The van der Waals surface area contributed by atoms with Crippen molar-refractivity contribution in [3.05, 3.63) is 41.6 Å². The molecule has 0 bridgehead atoms. The molecule has 1 aromatic heterocycles. The van der Waals surface area contributed by atoms with Gasteiger partial charge in [-0.3, -0.25) is 0 Å². The van der Waals surface area contributed by atoms with Gasteiger partial charge in [0.15, 0.2) is 35.7 Å². The summed E-state index contributed by atoms with van der Waals surface area (Å²) in [7, 11) is 4.89. The predicted octanol–water partition coefficient (Wildman–Crippen LogP) is 1.76. The summed E-state index contributed by atoms with van der Waals surface area (Å²) in [5.41, 5.74) is 4.53. The van der Waals surface area contributed by atoms with E-state index in [1.54, 1.807) is 21.3 Å². The highest BCUT2D eigenvalue weighted by molar-refractivity contribution is 5.94. The van der Waals surface area contributed by atoms with Crippen LogP contribution in [0.25, 0.3) is 22.0 Å². The van der Waals surface area contributed by atoms with Crippen molar-refractivity contribution in [1.29, 1.82) is 0 Å². The Hall–Kier alpha value is -3.48. The summed E-state index contributed by atoms with van der Waals surface area (Å²) in [5.74, 6) is 2.15. The van der Waals surface area contributed by atoms with Gasteiger partial charge in [0.2, 0.25) is 5.69 Å². The van der Waals surface area contributed by atoms with E-state index >= 15 is 0 Å². The second-order valence-corrected chi connectivity index (χ2v) is 6.59. The molecule has 0 saturated heterocycles. The quantitative estimate of drug-likeness (QED) is 0.535. The molecule has 29 heavy (non-hydrogen) atoms. The van der Waals surface area contributed by atoms with Gasteiger partial charge in [0, 0.05) is 23.8 Å². The second kappa shape index (κ2) is 8.26. The number of aromatic hydroxyl groups is 1. The van der Waals surface area contributed by atoms with Crippen LogP contribution in [0.4, 0.5) is 0 Å². The third kappa shape index (κ3) is 3.40. The van der Waals surface area contributed by atoms with Crippen molar-refractivity contribution in [1.82, 2.24) is 0 Å². The van der Waals surface area contributed by atoms with Gasteiger partial charge in [0.05, 0.1) is 32.3 Å². The molecular formula is C22H23NO6. The Morgan fingerprint density at radius 1 is 1.07 bits per heavy atom. The zero-order valence-corrected chi connectivity index (χ0v) is 16.8. The fourth-order valence-electron chi connectivity index (χ4n) is 3.95. The van der Waals surface area contributed by atoms with Crippen molar-refractivity contribution in [3.8, 4) is 34.3 Å². The minimum absolute atomic E-state index is 0.185. The fraction of sp³-hybridized carbons (Fsp3) is 0.273. The van der Waals surface area contributed by atoms with Crippen LogP contribution in [-0.2, 0) is 17.8 Å². The fourth-order valence-corrected chi connectivity index (χ4v) is 3.95.